The van der Waals surface area contributed by atoms with E-state index in [1.807, 2.05) is 0 Å². The fourth-order valence-corrected chi connectivity index (χ4v) is 14.9. The third kappa shape index (κ3) is 83.3. The Morgan fingerprint density at radius 1 is 0.286 bits per heavy atom. The van der Waals surface area contributed by atoms with Crippen molar-refractivity contribution in [1.29, 1.82) is 0 Å². The molecule has 6 heteroatoms. The van der Waals surface area contributed by atoms with Crippen LogP contribution in [0.25, 0.3) is 0 Å². The van der Waals surface area contributed by atoms with Crippen LogP contribution >= 0.6 is 0 Å². The van der Waals surface area contributed by atoms with E-state index in [1.54, 1.807) is 0 Å². The molecule has 0 aromatic rings. The van der Waals surface area contributed by atoms with Crippen LogP contribution in [0.2, 0.25) is 0 Å². The smallest absolute Gasteiger partial charge is 0.305 e. The van der Waals surface area contributed by atoms with E-state index in [2.05, 4.69) is 43.5 Å². The zero-order chi connectivity index (χ0) is 70.5. The van der Waals surface area contributed by atoms with E-state index < -0.39 is 12.1 Å². The van der Waals surface area contributed by atoms with Gasteiger partial charge in [-0.1, -0.05) is 481 Å². The molecule has 0 aromatic heterocycles. The standard InChI is InChI=1S/C92H179NO5/c1-3-5-7-9-11-13-15-17-19-21-22-23-24-40-43-46-49-53-56-60-64-68-72-76-80-84-90(95)89(88-94)93-91(96)85-81-77-73-69-65-61-57-54-50-47-44-41-38-36-34-32-30-28-26-25-27-29-31-33-35-37-39-42-45-48-51-55-59-63-67-71-75-79-83-87-98-92(97)86-82-78-74-70-66-62-58-52-20-18-16-14-12-10-8-6-4-2/h25-26,29,31,89-90,94-95H,3-24,27-28,30,32-88H2,1-2H3,(H,93,96)/b26-25-,31-29-. The van der Waals surface area contributed by atoms with Crippen molar-refractivity contribution in [2.24, 2.45) is 0 Å². The highest BCUT2D eigenvalue weighted by Gasteiger charge is 2.20. The molecule has 0 aromatic carbocycles. The molecule has 0 aliphatic heterocycles. The van der Waals surface area contributed by atoms with Crippen molar-refractivity contribution in [3.63, 3.8) is 0 Å². The number of aliphatic hydroxyl groups is 2. The zero-order valence-electron chi connectivity index (χ0n) is 67.1. The Morgan fingerprint density at radius 3 is 0.776 bits per heavy atom. The van der Waals surface area contributed by atoms with E-state index in [-0.39, 0.29) is 18.5 Å². The van der Waals surface area contributed by atoms with Crippen molar-refractivity contribution in [1.82, 2.24) is 5.32 Å². The van der Waals surface area contributed by atoms with Crippen molar-refractivity contribution >= 4 is 11.9 Å². The van der Waals surface area contributed by atoms with E-state index in [0.29, 0.717) is 25.9 Å². The molecule has 0 heterocycles. The summed E-state index contributed by atoms with van der Waals surface area (Å²) in [5.74, 6) is 0.000461. The molecule has 0 aliphatic carbocycles. The maximum atomic E-state index is 12.6. The topological polar surface area (TPSA) is 95.9 Å². The molecule has 1 amide bonds. The number of unbranched alkanes of at least 4 members (excludes halogenated alkanes) is 72. The monoisotopic (exact) mass is 1380 g/mol. The average Bonchev–Trinajstić information content (AvgIpc) is 1.57. The Hall–Kier alpha value is -1.66. The Morgan fingerprint density at radius 2 is 0.510 bits per heavy atom. The molecule has 0 aliphatic rings. The predicted octanol–water partition coefficient (Wildman–Crippen LogP) is 30.7. The number of carbonyl (C=O) groups is 2. The second kappa shape index (κ2) is 87.7. The number of rotatable bonds is 87. The van der Waals surface area contributed by atoms with Crippen LogP contribution in [0.3, 0.4) is 0 Å². The summed E-state index contributed by atoms with van der Waals surface area (Å²) >= 11 is 0. The van der Waals surface area contributed by atoms with Crippen molar-refractivity contribution in [2.45, 2.75) is 540 Å². The molecule has 0 fully saturated rings. The number of aliphatic hydroxyl groups excluding tert-OH is 2. The summed E-state index contributed by atoms with van der Waals surface area (Å²) in [6.45, 7) is 5.03. The van der Waals surface area contributed by atoms with Crippen molar-refractivity contribution < 1.29 is 24.5 Å². The third-order valence-corrected chi connectivity index (χ3v) is 21.8. The van der Waals surface area contributed by atoms with Crippen LogP contribution in [0.4, 0.5) is 0 Å². The number of carbonyl (C=O) groups excluding carboxylic acids is 2. The van der Waals surface area contributed by atoms with Gasteiger partial charge in [-0.3, -0.25) is 9.59 Å². The molecular weight excluding hydrogens is 1200 g/mol. The maximum Gasteiger partial charge on any atom is 0.305 e. The summed E-state index contributed by atoms with van der Waals surface area (Å²) in [5.41, 5.74) is 0. The molecule has 0 saturated carbocycles. The van der Waals surface area contributed by atoms with Gasteiger partial charge in [-0.25, -0.2) is 0 Å². The minimum absolute atomic E-state index is 0.0252. The Balaban J connectivity index is 3.34. The molecule has 0 spiro atoms. The first-order valence-corrected chi connectivity index (χ1v) is 45.6. The predicted molar refractivity (Wildman–Crippen MR) is 435 cm³/mol. The number of nitrogens with one attached hydrogen (secondary N) is 1. The molecular formula is C92H179NO5. The average molecular weight is 1380 g/mol. The second-order valence-electron chi connectivity index (χ2n) is 31.6. The van der Waals surface area contributed by atoms with E-state index in [1.165, 1.54) is 449 Å². The molecule has 3 N–H and O–H groups in total. The van der Waals surface area contributed by atoms with Gasteiger partial charge in [-0.2, -0.15) is 0 Å². The minimum atomic E-state index is -0.664. The lowest BCUT2D eigenvalue weighted by Gasteiger charge is -2.22. The molecule has 0 saturated heterocycles. The fourth-order valence-electron chi connectivity index (χ4n) is 14.9. The van der Waals surface area contributed by atoms with Gasteiger partial charge in [0.1, 0.15) is 0 Å². The number of hydrogen-bond donors (Lipinski definition) is 3. The number of amides is 1. The van der Waals surface area contributed by atoms with Gasteiger partial charge in [-0.05, 0) is 57.8 Å². The van der Waals surface area contributed by atoms with Crippen molar-refractivity contribution in [3.8, 4) is 0 Å². The second-order valence-corrected chi connectivity index (χ2v) is 31.6. The van der Waals surface area contributed by atoms with E-state index in [4.69, 9.17) is 4.74 Å². The van der Waals surface area contributed by atoms with Gasteiger partial charge in [0.25, 0.3) is 0 Å². The summed E-state index contributed by atoms with van der Waals surface area (Å²) in [4.78, 5) is 24.7. The van der Waals surface area contributed by atoms with Gasteiger partial charge in [0.05, 0.1) is 25.4 Å². The molecule has 0 radical (unpaired) electrons. The summed E-state index contributed by atoms with van der Waals surface area (Å²) < 4.78 is 5.52. The highest BCUT2D eigenvalue weighted by Crippen LogP contribution is 2.21. The van der Waals surface area contributed by atoms with E-state index in [9.17, 15) is 19.8 Å². The first kappa shape index (κ1) is 96.3. The molecule has 2 unspecified atom stereocenters. The van der Waals surface area contributed by atoms with Crippen LogP contribution in [0, 0.1) is 0 Å². The van der Waals surface area contributed by atoms with Crippen LogP contribution < -0.4 is 5.32 Å². The largest absolute Gasteiger partial charge is 0.466 e. The fraction of sp³-hybridized carbons (Fsp3) is 0.935. The Kier molecular flexibility index (Phi) is 86.3. The molecule has 2 atom stereocenters. The van der Waals surface area contributed by atoms with Gasteiger partial charge < -0.3 is 20.3 Å². The Bertz CT molecular complexity index is 1550. The van der Waals surface area contributed by atoms with Gasteiger partial charge in [0.2, 0.25) is 5.91 Å². The summed E-state index contributed by atoms with van der Waals surface area (Å²) in [5, 5.41) is 23.5. The van der Waals surface area contributed by atoms with E-state index >= 15 is 0 Å². The van der Waals surface area contributed by atoms with Gasteiger partial charge >= 0.3 is 5.97 Å². The van der Waals surface area contributed by atoms with Crippen LogP contribution in [0.15, 0.2) is 24.3 Å². The lowest BCUT2D eigenvalue weighted by Crippen LogP contribution is -2.45. The highest BCUT2D eigenvalue weighted by atomic mass is 16.5. The minimum Gasteiger partial charge on any atom is -0.466 e. The molecule has 6 nitrogen and oxygen atoms in total. The number of allylic oxidation sites excluding steroid dienone is 4. The van der Waals surface area contributed by atoms with Crippen molar-refractivity contribution in [2.75, 3.05) is 13.2 Å². The Labute approximate surface area is 615 Å². The van der Waals surface area contributed by atoms with Crippen molar-refractivity contribution in [3.05, 3.63) is 24.3 Å². The van der Waals surface area contributed by atoms with Gasteiger partial charge in [-0.15, -0.1) is 0 Å². The van der Waals surface area contributed by atoms with E-state index in [0.717, 1.165) is 44.9 Å². The number of esters is 1. The lowest BCUT2D eigenvalue weighted by molar-refractivity contribution is -0.143. The normalized spacial score (nSPS) is 12.5. The van der Waals surface area contributed by atoms with Gasteiger partial charge in [0, 0.05) is 12.8 Å². The summed E-state index contributed by atoms with van der Waals surface area (Å²) in [6, 6.07) is -0.541. The lowest BCUT2D eigenvalue weighted by atomic mass is 10.0. The van der Waals surface area contributed by atoms with Crippen LogP contribution in [0.5, 0.6) is 0 Å². The molecule has 582 valence electrons. The van der Waals surface area contributed by atoms with Gasteiger partial charge in [0.15, 0.2) is 0 Å². The molecule has 0 bridgehead atoms. The SMILES string of the molecule is CCCCCCCCCCCCCCCCCCCCCCCCCCCC(O)C(CO)NC(=O)CCCCCCCCCCCCCCCCCCC/C=C\C/C=C\CCCCCCCCCCCCCCCCCOC(=O)CCCCCCCCCCCCCCCCCCC. The zero-order valence-corrected chi connectivity index (χ0v) is 67.1. The summed E-state index contributed by atoms with van der Waals surface area (Å²) in [6.07, 6.45) is 115. The van der Waals surface area contributed by atoms with Crippen LogP contribution in [-0.2, 0) is 14.3 Å². The van der Waals surface area contributed by atoms with Crippen LogP contribution in [0.1, 0.15) is 528 Å². The maximum absolute atomic E-state index is 12.6. The quantitative estimate of drug-likeness (QED) is 0.0320. The number of ether oxygens (including phenoxy) is 1. The number of hydrogen-bond acceptors (Lipinski definition) is 5. The van der Waals surface area contributed by atoms with Crippen LogP contribution in [-0.4, -0.2) is 47.4 Å². The first-order valence-electron chi connectivity index (χ1n) is 45.6. The first-order chi connectivity index (χ1) is 48.5. The molecule has 0 rings (SSSR count). The summed E-state index contributed by atoms with van der Waals surface area (Å²) in [7, 11) is 0. The molecule has 98 heavy (non-hydrogen) atoms. The third-order valence-electron chi connectivity index (χ3n) is 21.8. The highest BCUT2D eigenvalue weighted by molar-refractivity contribution is 5.76.